The van der Waals surface area contributed by atoms with Gasteiger partial charge in [0.2, 0.25) is 0 Å². The quantitative estimate of drug-likeness (QED) is 0.644. The normalized spacial score (nSPS) is 20.3. The molecule has 2 aromatic rings. The molecular weight excluding hydrogens is 415 g/mol. The first kappa shape index (κ1) is 21.3. The number of rotatable bonds is 3. The van der Waals surface area contributed by atoms with E-state index in [9.17, 15) is 14.0 Å². The molecule has 0 radical (unpaired) electrons. The van der Waals surface area contributed by atoms with Gasteiger partial charge in [0.05, 0.1) is 0 Å². The molecule has 160 valence electrons. The molecule has 0 saturated carbocycles. The highest BCUT2D eigenvalue weighted by atomic mass is 35.5. The smallest absolute Gasteiger partial charge is 0.254 e. The molecule has 0 fully saturated rings. The molecule has 0 unspecified atom stereocenters. The topological polar surface area (TPSA) is 58.2 Å². The van der Waals surface area contributed by atoms with Crippen molar-refractivity contribution in [2.45, 2.75) is 39.5 Å². The molecule has 1 aliphatic carbocycles. The highest BCUT2D eigenvalue weighted by Crippen LogP contribution is 2.47. The number of carbonyl (C=O) groups is 2. The summed E-state index contributed by atoms with van der Waals surface area (Å²) in [6.07, 6.45) is 1.11. The maximum atomic E-state index is 13.4. The Morgan fingerprint density at radius 3 is 2.48 bits per heavy atom. The average molecular weight is 439 g/mol. The predicted octanol–water partition coefficient (Wildman–Crippen LogP) is 5.72. The second-order valence-corrected chi connectivity index (χ2v) is 9.32. The monoisotopic (exact) mass is 438 g/mol. The van der Waals surface area contributed by atoms with Crippen LogP contribution in [0.3, 0.4) is 0 Å². The summed E-state index contributed by atoms with van der Waals surface area (Å²) < 4.78 is 13.3. The first-order chi connectivity index (χ1) is 14.7. The van der Waals surface area contributed by atoms with Gasteiger partial charge >= 0.3 is 0 Å². The van der Waals surface area contributed by atoms with E-state index in [1.54, 1.807) is 6.07 Å². The number of Topliss-reactive ketones (excluding diaryl/α,β-unsaturated/α-hetero) is 1. The van der Waals surface area contributed by atoms with Gasteiger partial charge < -0.3 is 10.6 Å². The Labute approximate surface area is 186 Å². The van der Waals surface area contributed by atoms with E-state index in [4.69, 9.17) is 11.6 Å². The summed E-state index contributed by atoms with van der Waals surface area (Å²) in [5.41, 5.74) is 3.58. The van der Waals surface area contributed by atoms with E-state index in [0.29, 0.717) is 40.4 Å². The average Bonchev–Trinajstić information content (AvgIpc) is 2.68. The summed E-state index contributed by atoms with van der Waals surface area (Å²) in [6.45, 7) is 5.96. The zero-order chi connectivity index (χ0) is 22.3. The molecule has 4 nitrogen and oxygen atoms in total. The number of nitrogens with one attached hydrogen (secondary N) is 2. The number of amides is 1. The van der Waals surface area contributed by atoms with Crippen LogP contribution in [0.5, 0.6) is 0 Å². The van der Waals surface area contributed by atoms with Crippen LogP contribution >= 0.6 is 11.6 Å². The Morgan fingerprint density at radius 2 is 1.81 bits per heavy atom. The molecule has 6 heteroatoms. The van der Waals surface area contributed by atoms with Gasteiger partial charge in [-0.1, -0.05) is 43.6 Å². The Balaban J connectivity index is 1.81. The third-order valence-electron chi connectivity index (χ3n) is 5.80. The molecule has 0 spiro atoms. The van der Waals surface area contributed by atoms with Gasteiger partial charge in [-0.05, 0) is 54.7 Å². The van der Waals surface area contributed by atoms with E-state index in [0.717, 1.165) is 11.3 Å². The summed E-state index contributed by atoms with van der Waals surface area (Å²) >= 11 is 6.54. The molecule has 1 atom stereocenters. The number of halogens is 2. The first-order valence-electron chi connectivity index (χ1n) is 10.2. The second-order valence-electron chi connectivity index (χ2n) is 8.91. The minimum Gasteiger partial charge on any atom is -0.362 e. The molecule has 1 heterocycles. The third-order valence-corrected chi connectivity index (χ3v) is 6.15. The SMILES string of the molecule is CC1=C(C(=O)Nc2ccc(F)cc2)[C@@H](c2ccccc2Cl)C2=C(CC(C)(C)CC2=O)N1. The van der Waals surface area contributed by atoms with Crippen molar-refractivity contribution >= 4 is 29.0 Å². The number of dihydropyridines is 1. The van der Waals surface area contributed by atoms with Gasteiger partial charge in [-0.3, -0.25) is 9.59 Å². The van der Waals surface area contributed by atoms with Crippen molar-refractivity contribution in [1.29, 1.82) is 0 Å². The number of carbonyl (C=O) groups excluding carboxylic acids is 2. The molecule has 0 bridgehead atoms. The van der Waals surface area contributed by atoms with Crippen LogP contribution in [0.1, 0.15) is 45.1 Å². The zero-order valence-corrected chi connectivity index (χ0v) is 18.4. The van der Waals surface area contributed by atoms with Gasteiger partial charge in [0, 0.05) is 45.6 Å². The molecule has 2 aliphatic rings. The fourth-order valence-electron chi connectivity index (χ4n) is 4.49. The van der Waals surface area contributed by atoms with E-state index in [2.05, 4.69) is 24.5 Å². The molecule has 1 aliphatic heterocycles. The van der Waals surface area contributed by atoms with Crippen LogP contribution in [0, 0.1) is 11.2 Å². The number of hydrogen-bond donors (Lipinski definition) is 2. The molecule has 1 amide bonds. The maximum absolute atomic E-state index is 13.4. The van der Waals surface area contributed by atoms with Crippen molar-refractivity contribution in [3.05, 3.63) is 87.5 Å². The lowest BCUT2D eigenvalue weighted by Crippen LogP contribution is -2.39. The summed E-state index contributed by atoms with van der Waals surface area (Å²) in [6, 6.07) is 12.9. The van der Waals surface area contributed by atoms with Gasteiger partial charge in [0.1, 0.15) is 5.82 Å². The molecule has 2 N–H and O–H groups in total. The number of hydrogen-bond acceptors (Lipinski definition) is 3. The zero-order valence-electron chi connectivity index (χ0n) is 17.7. The van der Waals surface area contributed by atoms with Gasteiger partial charge in [0.15, 0.2) is 5.78 Å². The molecule has 2 aromatic carbocycles. The Bertz CT molecular complexity index is 1130. The second kappa shape index (κ2) is 7.97. The van der Waals surface area contributed by atoms with Gasteiger partial charge in [-0.2, -0.15) is 0 Å². The van der Waals surface area contributed by atoms with Crippen LogP contribution in [0.2, 0.25) is 5.02 Å². The van der Waals surface area contributed by atoms with Gasteiger partial charge in [-0.25, -0.2) is 4.39 Å². The lowest BCUT2D eigenvalue weighted by Gasteiger charge is -2.39. The summed E-state index contributed by atoms with van der Waals surface area (Å²) in [7, 11) is 0. The number of allylic oxidation sites excluding steroid dienone is 3. The molecule has 4 rings (SSSR count). The summed E-state index contributed by atoms with van der Waals surface area (Å²) in [5, 5.41) is 6.66. The van der Waals surface area contributed by atoms with Gasteiger partial charge in [0.25, 0.3) is 5.91 Å². The van der Waals surface area contributed by atoms with Crippen LogP contribution in [-0.2, 0) is 9.59 Å². The Kier molecular flexibility index (Phi) is 5.48. The van der Waals surface area contributed by atoms with Crippen molar-refractivity contribution in [2.75, 3.05) is 5.32 Å². The van der Waals surface area contributed by atoms with Crippen molar-refractivity contribution in [3.63, 3.8) is 0 Å². The molecule has 0 aromatic heterocycles. The third kappa shape index (κ3) is 4.15. The Hall–Kier alpha value is -2.92. The minimum atomic E-state index is -0.575. The van der Waals surface area contributed by atoms with E-state index in [1.807, 2.05) is 25.1 Å². The number of anilines is 1. The lowest BCUT2D eigenvalue weighted by molar-refractivity contribution is -0.118. The number of ketones is 1. The van der Waals surface area contributed by atoms with E-state index < -0.39 is 5.92 Å². The van der Waals surface area contributed by atoms with E-state index in [1.165, 1.54) is 24.3 Å². The standard InChI is InChI=1S/C25H24ClFN2O2/c1-14-21(24(31)29-16-10-8-15(27)9-11-16)22(17-6-4-5-7-18(17)26)23-19(28-14)12-25(2,3)13-20(23)30/h4-11,22,28H,12-13H2,1-3H3,(H,29,31)/t22-/m1/s1. The first-order valence-corrected chi connectivity index (χ1v) is 10.6. The van der Waals surface area contributed by atoms with Gasteiger partial charge in [-0.15, -0.1) is 0 Å². The summed E-state index contributed by atoms with van der Waals surface area (Å²) in [4.78, 5) is 26.7. The maximum Gasteiger partial charge on any atom is 0.254 e. The van der Waals surface area contributed by atoms with E-state index in [-0.39, 0.29) is 22.9 Å². The van der Waals surface area contributed by atoms with Crippen LogP contribution in [0.15, 0.2) is 71.1 Å². The molecule has 31 heavy (non-hydrogen) atoms. The van der Waals surface area contributed by atoms with Crippen LogP contribution in [-0.4, -0.2) is 11.7 Å². The molecule has 0 saturated heterocycles. The van der Waals surface area contributed by atoms with Crippen molar-refractivity contribution in [1.82, 2.24) is 5.32 Å². The predicted molar refractivity (Wildman–Crippen MR) is 120 cm³/mol. The fraction of sp³-hybridized carbons (Fsp3) is 0.280. The van der Waals surface area contributed by atoms with Crippen molar-refractivity contribution in [2.24, 2.45) is 5.41 Å². The van der Waals surface area contributed by atoms with Crippen LogP contribution in [0.25, 0.3) is 0 Å². The highest BCUT2D eigenvalue weighted by molar-refractivity contribution is 6.31. The van der Waals surface area contributed by atoms with Crippen molar-refractivity contribution in [3.8, 4) is 0 Å². The highest BCUT2D eigenvalue weighted by Gasteiger charge is 2.43. The van der Waals surface area contributed by atoms with Crippen molar-refractivity contribution < 1.29 is 14.0 Å². The van der Waals surface area contributed by atoms with Crippen LogP contribution < -0.4 is 10.6 Å². The minimum absolute atomic E-state index is 0.0169. The summed E-state index contributed by atoms with van der Waals surface area (Å²) in [5.74, 6) is -1.30. The van der Waals surface area contributed by atoms with Crippen LogP contribution in [0.4, 0.5) is 10.1 Å². The largest absolute Gasteiger partial charge is 0.362 e. The fourth-order valence-corrected chi connectivity index (χ4v) is 4.73. The lowest BCUT2D eigenvalue weighted by atomic mass is 9.68. The molecular formula is C25H24ClFN2O2. The Morgan fingerprint density at radius 1 is 1.13 bits per heavy atom. The number of benzene rings is 2. The van der Waals surface area contributed by atoms with E-state index >= 15 is 0 Å².